The first kappa shape index (κ1) is 101. The average molecular weight is 1680 g/mol. The highest BCUT2D eigenvalue weighted by molar-refractivity contribution is 6.31. The molecule has 3 aromatic rings. The molecule has 14 amide bonds. The molecule has 1 aliphatic rings. The summed E-state index contributed by atoms with van der Waals surface area (Å²) in [5.41, 5.74) is 2.28. The van der Waals surface area contributed by atoms with Gasteiger partial charge in [-0.2, -0.15) is 5.10 Å². The lowest BCUT2D eigenvalue weighted by atomic mass is 9.89. The van der Waals surface area contributed by atoms with Crippen LogP contribution in [0.5, 0.6) is 0 Å². The van der Waals surface area contributed by atoms with E-state index in [9.17, 15) is 57.8 Å². The van der Waals surface area contributed by atoms with Crippen LogP contribution >= 0.6 is 11.6 Å². The quantitative estimate of drug-likeness (QED) is 0.0288. The Bertz CT molecular complexity index is 4090. The Morgan fingerprint density at radius 1 is 0.555 bits per heavy atom. The largest absolute Gasteiger partial charge is 0.390 e. The van der Waals surface area contributed by atoms with Gasteiger partial charge >= 0.3 is 0 Å². The van der Waals surface area contributed by atoms with Gasteiger partial charge in [0.15, 0.2) is 0 Å². The second-order valence-corrected chi connectivity index (χ2v) is 34.5. The standard InChI is InChI=1S/C86H133ClN16O16/c1-26-64-82(115)96(19)46-70(106)97(20)65(38-47(3)4)79(112)95-71(51(11)12)85(118)98(21)66(39-48(5)6)78(111)90-54(16)75(108)91-55(17)81(114)99(22)67(40-49(7)8)83(116)100(23)68(41-50(9)10)84(117)101(24)72(52(13)14)86(119)102(25)73(80(113)94-64)74(107)53(15)30-28-31-62(104)32-29-37-88-76(109)57-33-35-61(36-34-57)103-56(18)63(45-89-103)77(110)93-60-43-58(87)42-59(44-60)92-69(105)27-2/h27,33-36,42-45,47-55,64-68,71-74,107H,2,26,28-32,37-41,46H2,1,3-25H3,(H,88,109)(H,90,111)(H,91,108)(H,92,105)(H,93,110)(H,94,113)(H,95,112)/t53-,54+,55-,64+,65+,66+,67+,68+,71+,72+,73+,74-/m1/s1. The number of aliphatic hydroxyl groups is 1. The summed E-state index contributed by atoms with van der Waals surface area (Å²) < 4.78 is 1.53. The number of hydrogen-bond donors (Lipinski definition) is 8. The first-order valence-corrected chi connectivity index (χ1v) is 41.6. The van der Waals surface area contributed by atoms with E-state index in [1.807, 2.05) is 55.4 Å². The third-order valence-corrected chi connectivity index (χ3v) is 21.8. The molecular weight excluding hydrogens is 1550 g/mol. The number of anilines is 2. The van der Waals surface area contributed by atoms with Gasteiger partial charge < -0.3 is 76.6 Å². The summed E-state index contributed by atoms with van der Waals surface area (Å²) in [5, 5.41) is 36.5. The highest BCUT2D eigenvalue weighted by atomic mass is 35.5. The molecule has 32 nitrogen and oxygen atoms in total. The molecule has 1 aromatic heterocycles. The smallest absolute Gasteiger partial charge is 0.259 e. The number of ketones is 1. The Morgan fingerprint density at radius 3 is 1.57 bits per heavy atom. The van der Waals surface area contributed by atoms with Crippen LogP contribution in [0.2, 0.25) is 5.02 Å². The second-order valence-electron chi connectivity index (χ2n) is 34.1. The molecule has 2 heterocycles. The Kier molecular flexibility index (Phi) is 39.5. The predicted octanol–water partition coefficient (Wildman–Crippen LogP) is 6.78. The minimum atomic E-state index is -1.78. The van der Waals surface area contributed by atoms with E-state index < -0.39 is 174 Å². The fourth-order valence-electron chi connectivity index (χ4n) is 14.5. The molecule has 1 fully saturated rings. The fraction of sp³-hybridized carbons (Fsp3) is 0.628. The normalized spacial score (nSPS) is 22.3. The average Bonchev–Trinajstić information content (AvgIpc) is 1.06. The highest BCUT2D eigenvalue weighted by Gasteiger charge is 2.46. The number of halogens is 1. The van der Waals surface area contributed by atoms with Crippen molar-refractivity contribution in [2.45, 2.75) is 248 Å². The Morgan fingerprint density at radius 2 is 1.04 bits per heavy atom. The number of benzene rings is 2. The van der Waals surface area contributed by atoms with Crippen molar-refractivity contribution in [3.8, 4) is 5.69 Å². The molecule has 4 rings (SSSR count). The Balaban J connectivity index is 1.69. The van der Waals surface area contributed by atoms with Gasteiger partial charge in [0.05, 0.1) is 35.8 Å². The van der Waals surface area contributed by atoms with E-state index in [1.54, 1.807) is 72.7 Å². The van der Waals surface area contributed by atoms with Crippen LogP contribution < -0.4 is 37.2 Å². The Hall–Kier alpha value is -10.1. The molecule has 0 radical (unpaired) electrons. The summed E-state index contributed by atoms with van der Waals surface area (Å²) in [6, 6.07) is -2.03. The molecule has 0 unspecified atom stereocenters. The molecule has 660 valence electrons. The lowest BCUT2D eigenvalue weighted by molar-refractivity contribution is -0.157. The van der Waals surface area contributed by atoms with E-state index >= 15 is 19.2 Å². The van der Waals surface area contributed by atoms with Gasteiger partial charge in [0, 0.05) is 90.7 Å². The zero-order valence-electron chi connectivity index (χ0n) is 74.3. The number of Topliss-reactive ketones (excluding diaryl/α,β-unsaturated/α-hetero) is 1. The van der Waals surface area contributed by atoms with Crippen LogP contribution in [0.4, 0.5) is 11.4 Å². The topological polar surface area (TPSA) is 401 Å². The van der Waals surface area contributed by atoms with Gasteiger partial charge in [0.25, 0.3) is 11.8 Å². The maximum Gasteiger partial charge on any atom is 0.259 e. The number of nitrogens with zero attached hydrogens (tertiary/aromatic N) is 9. The van der Waals surface area contributed by atoms with Gasteiger partial charge in [-0.3, -0.25) is 71.9 Å². The monoisotopic (exact) mass is 1680 g/mol. The Labute approximate surface area is 707 Å². The number of nitrogens with one attached hydrogen (secondary N) is 7. The van der Waals surface area contributed by atoms with E-state index in [4.69, 9.17) is 11.6 Å². The minimum absolute atomic E-state index is 0.0369. The van der Waals surface area contributed by atoms with Crippen LogP contribution in [0, 0.1) is 48.3 Å². The molecule has 12 atom stereocenters. The zero-order chi connectivity index (χ0) is 90.2. The summed E-state index contributed by atoms with van der Waals surface area (Å²) in [6.45, 7) is 32.3. The van der Waals surface area contributed by atoms with Crippen molar-refractivity contribution in [3.05, 3.63) is 83.2 Å². The molecule has 0 saturated carbocycles. The van der Waals surface area contributed by atoms with E-state index in [0.717, 1.165) is 15.9 Å². The zero-order valence-corrected chi connectivity index (χ0v) is 75.0. The first-order valence-electron chi connectivity index (χ1n) is 41.3. The number of aliphatic hydroxyl groups excluding tert-OH is 1. The van der Waals surface area contributed by atoms with Crippen LogP contribution in [-0.4, -0.2) is 267 Å². The van der Waals surface area contributed by atoms with Crippen LogP contribution in [0.1, 0.15) is 201 Å². The van der Waals surface area contributed by atoms with Crippen LogP contribution in [0.3, 0.4) is 0 Å². The van der Waals surface area contributed by atoms with E-state index in [-0.39, 0.29) is 111 Å². The number of carbonyl (C=O) groups is 15. The molecule has 0 aliphatic carbocycles. The first-order chi connectivity index (χ1) is 55.5. The van der Waals surface area contributed by atoms with Gasteiger partial charge in [0.1, 0.15) is 66.2 Å². The van der Waals surface area contributed by atoms with Crippen LogP contribution in [0.25, 0.3) is 5.69 Å². The molecule has 0 bridgehead atoms. The number of amides is 14. The summed E-state index contributed by atoms with van der Waals surface area (Å²) in [7, 11) is 9.68. The summed E-state index contributed by atoms with van der Waals surface area (Å²) in [4.78, 5) is 223. The molecule has 8 N–H and O–H groups in total. The molecule has 119 heavy (non-hydrogen) atoms. The van der Waals surface area contributed by atoms with Gasteiger partial charge in [-0.15, -0.1) is 0 Å². The molecule has 1 aliphatic heterocycles. The molecule has 33 heteroatoms. The number of rotatable bonds is 27. The molecule has 2 aromatic carbocycles. The lowest BCUT2D eigenvalue weighted by Crippen LogP contribution is -2.63. The van der Waals surface area contributed by atoms with Crippen molar-refractivity contribution in [2.75, 3.05) is 73.1 Å². The predicted molar refractivity (Wildman–Crippen MR) is 456 cm³/mol. The van der Waals surface area contributed by atoms with Gasteiger partial charge in [-0.25, -0.2) is 4.68 Å². The van der Waals surface area contributed by atoms with Crippen LogP contribution in [0.15, 0.2) is 61.3 Å². The van der Waals surface area contributed by atoms with Crippen molar-refractivity contribution in [1.29, 1.82) is 0 Å². The maximum atomic E-state index is 15.6. The van der Waals surface area contributed by atoms with Crippen molar-refractivity contribution >= 4 is 111 Å². The molecule has 1 saturated heterocycles. The SMILES string of the molecule is C=CC(=O)Nc1cc(Cl)cc(NC(=O)c2cnn(-c3ccc(C(=O)NCCCC(=O)CCC[C@@H](C)[C@@H](O)[C@H]4C(=O)N[C@@H](CC)C(=O)N(C)CC(=O)N(C)[C@@H](CC(C)C)C(=O)N[C@@H](C(C)C)C(=O)N(C)[C@@H](CC(C)C)C(=O)N[C@@H](C)C(=O)N[C@H](C)C(=O)N(C)[C@@H](CC(C)C)C(=O)N(C)[C@@H](CC(C)C)C(=O)N(C)[C@@H](C(C)C)C(=O)N4C)cc3)c2C)c1. The van der Waals surface area contributed by atoms with Crippen LogP contribution in [-0.2, 0) is 62.3 Å². The number of aromatic nitrogens is 2. The van der Waals surface area contributed by atoms with Crippen molar-refractivity contribution in [3.63, 3.8) is 0 Å². The van der Waals surface area contributed by atoms with Gasteiger partial charge in [-0.1, -0.05) is 115 Å². The van der Waals surface area contributed by atoms with Crippen molar-refractivity contribution < 1.29 is 77.0 Å². The third-order valence-electron chi connectivity index (χ3n) is 21.6. The molecular formula is C86H133ClN16O16. The lowest BCUT2D eigenvalue weighted by Gasteiger charge is -2.41. The van der Waals surface area contributed by atoms with E-state index in [2.05, 4.69) is 48.9 Å². The minimum Gasteiger partial charge on any atom is -0.390 e. The van der Waals surface area contributed by atoms with Gasteiger partial charge in [-0.05, 0) is 162 Å². The highest BCUT2D eigenvalue weighted by Crippen LogP contribution is 2.29. The summed E-state index contributed by atoms with van der Waals surface area (Å²) >= 11 is 6.25. The second kappa shape index (κ2) is 46.5. The maximum absolute atomic E-state index is 15.6. The van der Waals surface area contributed by atoms with Gasteiger partial charge in [0.2, 0.25) is 70.9 Å². The fourth-order valence-corrected chi connectivity index (χ4v) is 14.7. The van der Waals surface area contributed by atoms with E-state index in [0.29, 0.717) is 28.3 Å². The molecule has 0 spiro atoms. The number of likely N-dealkylation sites (N-methyl/N-ethyl adjacent to an activating group) is 7. The third kappa shape index (κ3) is 28.5. The van der Waals surface area contributed by atoms with Crippen molar-refractivity contribution in [1.82, 2.24) is 70.7 Å². The van der Waals surface area contributed by atoms with Crippen molar-refractivity contribution in [2.24, 2.45) is 41.4 Å². The van der Waals surface area contributed by atoms with E-state index in [1.165, 1.54) is 117 Å². The number of carbonyl (C=O) groups excluding carboxylic acids is 15. The summed E-state index contributed by atoms with van der Waals surface area (Å²) in [5.74, 6) is -12.4. The summed E-state index contributed by atoms with van der Waals surface area (Å²) in [6.07, 6.45) is 1.91. The number of hydrogen-bond acceptors (Lipinski definition) is 17.